The van der Waals surface area contributed by atoms with Crippen LogP contribution in [0.25, 0.3) is 0 Å². The Bertz CT molecular complexity index is 402. The van der Waals surface area contributed by atoms with Gasteiger partial charge in [-0.2, -0.15) is 0 Å². The maximum atomic E-state index is 12.3. The minimum Gasteiger partial charge on any atom is -0.338 e. The van der Waals surface area contributed by atoms with Crippen LogP contribution >= 0.6 is 0 Å². The summed E-state index contributed by atoms with van der Waals surface area (Å²) in [4.78, 5) is 18.4. The van der Waals surface area contributed by atoms with Crippen LogP contribution in [0.5, 0.6) is 0 Å². The predicted molar refractivity (Wildman–Crippen MR) is 71.1 cm³/mol. The number of aromatic nitrogens is 1. The number of hydrogen-bond donors (Lipinski definition) is 1. The van der Waals surface area contributed by atoms with Crippen molar-refractivity contribution < 1.29 is 4.79 Å². The number of pyridine rings is 1. The normalized spacial score (nSPS) is 19.9. The minimum absolute atomic E-state index is 0.177. The third-order valence-electron chi connectivity index (χ3n) is 3.55. The van der Waals surface area contributed by atoms with E-state index in [2.05, 4.69) is 4.98 Å². The number of carbonyl (C=O) groups is 1. The van der Waals surface area contributed by atoms with Gasteiger partial charge < -0.3 is 10.6 Å². The topological polar surface area (TPSA) is 59.2 Å². The fourth-order valence-corrected chi connectivity index (χ4v) is 2.45. The van der Waals surface area contributed by atoms with E-state index >= 15 is 0 Å². The molecular weight excluding hydrogens is 226 g/mol. The van der Waals surface area contributed by atoms with Crippen molar-refractivity contribution in [2.24, 2.45) is 5.73 Å². The van der Waals surface area contributed by atoms with Crippen LogP contribution in [0.4, 0.5) is 0 Å². The smallest absolute Gasteiger partial charge is 0.227 e. The van der Waals surface area contributed by atoms with Gasteiger partial charge in [0.15, 0.2) is 0 Å². The van der Waals surface area contributed by atoms with E-state index in [1.54, 1.807) is 6.20 Å². The number of nitrogens with zero attached hydrogens (tertiary/aromatic N) is 2. The molecule has 0 radical (unpaired) electrons. The second kappa shape index (κ2) is 5.96. The van der Waals surface area contributed by atoms with Crippen LogP contribution in [0.3, 0.4) is 0 Å². The molecule has 1 aromatic heterocycles. The SMILES string of the molecule is Cc1ccc(CC(=O)N2CCCCC2CN)cn1. The van der Waals surface area contributed by atoms with Crippen LogP contribution in [0.1, 0.15) is 30.5 Å². The largest absolute Gasteiger partial charge is 0.338 e. The fraction of sp³-hybridized carbons (Fsp3) is 0.571. The molecule has 0 bridgehead atoms. The average molecular weight is 247 g/mol. The second-order valence-corrected chi connectivity index (χ2v) is 4.96. The number of nitrogens with two attached hydrogens (primary N) is 1. The van der Waals surface area contributed by atoms with Crippen molar-refractivity contribution in [2.45, 2.75) is 38.6 Å². The third kappa shape index (κ3) is 3.07. The molecule has 2 heterocycles. The zero-order valence-corrected chi connectivity index (χ0v) is 10.9. The first-order valence-electron chi connectivity index (χ1n) is 6.62. The van der Waals surface area contributed by atoms with E-state index in [0.717, 1.165) is 30.6 Å². The highest BCUT2D eigenvalue weighted by Gasteiger charge is 2.25. The summed E-state index contributed by atoms with van der Waals surface area (Å²) >= 11 is 0. The lowest BCUT2D eigenvalue weighted by Crippen LogP contribution is -2.48. The Balaban J connectivity index is 2.00. The summed E-state index contributed by atoms with van der Waals surface area (Å²) in [5.41, 5.74) is 7.69. The molecule has 1 fully saturated rings. The minimum atomic E-state index is 0.177. The fourth-order valence-electron chi connectivity index (χ4n) is 2.45. The first kappa shape index (κ1) is 13.0. The molecule has 0 saturated carbocycles. The molecular formula is C14H21N3O. The van der Waals surface area contributed by atoms with E-state index in [0.29, 0.717) is 13.0 Å². The standard InChI is InChI=1S/C14H21N3O/c1-11-5-6-12(10-16-11)8-14(18)17-7-3-2-4-13(17)9-15/h5-6,10,13H,2-4,7-9,15H2,1H3. The molecule has 1 amide bonds. The zero-order valence-electron chi connectivity index (χ0n) is 10.9. The van der Waals surface area contributed by atoms with Gasteiger partial charge in [-0.1, -0.05) is 6.07 Å². The van der Waals surface area contributed by atoms with Gasteiger partial charge in [-0.15, -0.1) is 0 Å². The highest BCUT2D eigenvalue weighted by molar-refractivity contribution is 5.79. The molecule has 98 valence electrons. The Morgan fingerprint density at radius 3 is 3.00 bits per heavy atom. The van der Waals surface area contributed by atoms with Crippen LogP contribution in [0.15, 0.2) is 18.3 Å². The maximum Gasteiger partial charge on any atom is 0.227 e. The van der Waals surface area contributed by atoms with Gasteiger partial charge in [0.25, 0.3) is 0 Å². The van der Waals surface area contributed by atoms with Gasteiger partial charge in [0.2, 0.25) is 5.91 Å². The van der Waals surface area contributed by atoms with Gasteiger partial charge in [-0.3, -0.25) is 9.78 Å². The maximum absolute atomic E-state index is 12.3. The van der Waals surface area contributed by atoms with Crippen LogP contribution in [0.2, 0.25) is 0 Å². The van der Waals surface area contributed by atoms with Crippen LogP contribution in [0, 0.1) is 6.92 Å². The molecule has 1 atom stereocenters. The molecule has 2 rings (SSSR count). The number of hydrogen-bond acceptors (Lipinski definition) is 3. The van der Waals surface area contributed by atoms with Crippen molar-refractivity contribution in [1.29, 1.82) is 0 Å². The van der Waals surface area contributed by atoms with Gasteiger partial charge in [0, 0.05) is 31.0 Å². The van der Waals surface area contributed by atoms with Crippen molar-refractivity contribution in [3.63, 3.8) is 0 Å². The molecule has 1 unspecified atom stereocenters. The Morgan fingerprint density at radius 2 is 2.33 bits per heavy atom. The van der Waals surface area contributed by atoms with Gasteiger partial charge >= 0.3 is 0 Å². The Hall–Kier alpha value is -1.42. The van der Waals surface area contributed by atoms with E-state index in [9.17, 15) is 4.79 Å². The molecule has 1 saturated heterocycles. The third-order valence-corrected chi connectivity index (χ3v) is 3.55. The second-order valence-electron chi connectivity index (χ2n) is 4.96. The van der Waals surface area contributed by atoms with Crippen molar-refractivity contribution in [3.8, 4) is 0 Å². The highest BCUT2D eigenvalue weighted by Crippen LogP contribution is 2.17. The van der Waals surface area contributed by atoms with Crippen molar-refractivity contribution >= 4 is 5.91 Å². The van der Waals surface area contributed by atoms with Gasteiger partial charge in [0.1, 0.15) is 0 Å². The summed E-state index contributed by atoms with van der Waals surface area (Å²) in [5, 5.41) is 0. The van der Waals surface area contributed by atoms with Gasteiger partial charge in [-0.05, 0) is 37.8 Å². The van der Waals surface area contributed by atoms with Crippen molar-refractivity contribution in [3.05, 3.63) is 29.6 Å². The van der Waals surface area contributed by atoms with Crippen LogP contribution in [-0.2, 0) is 11.2 Å². The lowest BCUT2D eigenvalue weighted by molar-refractivity contribution is -0.133. The monoisotopic (exact) mass is 247 g/mol. The molecule has 1 aliphatic heterocycles. The lowest BCUT2D eigenvalue weighted by Gasteiger charge is -2.35. The van der Waals surface area contributed by atoms with Crippen molar-refractivity contribution in [1.82, 2.24) is 9.88 Å². The molecule has 18 heavy (non-hydrogen) atoms. The van der Waals surface area contributed by atoms with Gasteiger partial charge in [0.05, 0.1) is 6.42 Å². The van der Waals surface area contributed by atoms with Crippen LogP contribution in [-0.4, -0.2) is 34.9 Å². The number of carbonyl (C=O) groups excluding carboxylic acids is 1. The molecule has 4 nitrogen and oxygen atoms in total. The quantitative estimate of drug-likeness (QED) is 0.875. The molecule has 1 aliphatic rings. The lowest BCUT2D eigenvalue weighted by atomic mass is 10.0. The van der Waals surface area contributed by atoms with E-state index in [4.69, 9.17) is 5.73 Å². The number of rotatable bonds is 3. The van der Waals surface area contributed by atoms with E-state index in [-0.39, 0.29) is 11.9 Å². The number of piperidine rings is 1. The molecule has 0 aromatic carbocycles. The number of aryl methyl sites for hydroxylation is 1. The summed E-state index contributed by atoms with van der Waals surface area (Å²) in [7, 11) is 0. The zero-order chi connectivity index (χ0) is 13.0. The molecule has 4 heteroatoms. The first-order chi connectivity index (χ1) is 8.70. The van der Waals surface area contributed by atoms with Crippen LogP contribution < -0.4 is 5.73 Å². The summed E-state index contributed by atoms with van der Waals surface area (Å²) < 4.78 is 0. The summed E-state index contributed by atoms with van der Waals surface area (Å²) in [6, 6.07) is 4.14. The Labute approximate surface area is 108 Å². The first-order valence-corrected chi connectivity index (χ1v) is 6.62. The van der Waals surface area contributed by atoms with E-state index in [1.807, 2.05) is 24.0 Å². The Kier molecular flexibility index (Phi) is 4.31. The molecule has 2 N–H and O–H groups in total. The number of likely N-dealkylation sites (tertiary alicyclic amines) is 1. The molecule has 1 aromatic rings. The van der Waals surface area contributed by atoms with Crippen molar-refractivity contribution in [2.75, 3.05) is 13.1 Å². The molecule has 0 spiro atoms. The predicted octanol–water partition coefficient (Wildman–Crippen LogP) is 1.27. The summed E-state index contributed by atoms with van der Waals surface area (Å²) in [6.07, 6.45) is 5.53. The summed E-state index contributed by atoms with van der Waals surface area (Å²) in [5.74, 6) is 0.177. The number of amides is 1. The Morgan fingerprint density at radius 1 is 1.50 bits per heavy atom. The van der Waals surface area contributed by atoms with E-state index < -0.39 is 0 Å². The average Bonchev–Trinajstić information content (AvgIpc) is 2.41. The van der Waals surface area contributed by atoms with Gasteiger partial charge in [-0.25, -0.2) is 0 Å². The summed E-state index contributed by atoms with van der Waals surface area (Å²) in [6.45, 7) is 3.36. The van der Waals surface area contributed by atoms with E-state index in [1.165, 1.54) is 6.42 Å². The highest BCUT2D eigenvalue weighted by atomic mass is 16.2. The molecule has 0 aliphatic carbocycles.